The summed E-state index contributed by atoms with van der Waals surface area (Å²) in [5.41, 5.74) is 1.30. The van der Waals surface area contributed by atoms with Gasteiger partial charge in [0, 0.05) is 30.9 Å². The molecule has 2 rings (SSSR count). The molecule has 0 aromatic heterocycles. The summed E-state index contributed by atoms with van der Waals surface area (Å²) in [4.78, 5) is 2.56. The number of nitrogens with zero attached hydrogens (tertiary/aromatic N) is 1. The van der Waals surface area contributed by atoms with Crippen LogP contribution in [0.15, 0.2) is 24.3 Å². The van der Waals surface area contributed by atoms with Crippen LogP contribution in [0.3, 0.4) is 0 Å². The first-order valence-electron chi connectivity index (χ1n) is 7.67. The van der Waals surface area contributed by atoms with Crippen molar-refractivity contribution in [2.45, 2.75) is 39.8 Å². The van der Waals surface area contributed by atoms with Crippen molar-refractivity contribution in [3.05, 3.63) is 24.3 Å². The molecule has 0 spiro atoms. The molecule has 1 N–H and O–H groups in total. The van der Waals surface area contributed by atoms with E-state index in [0.717, 1.165) is 18.8 Å². The predicted octanol–water partition coefficient (Wildman–Crippen LogP) is 3.15. The quantitative estimate of drug-likeness (QED) is 0.914. The lowest BCUT2D eigenvalue weighted by atomic mass is 9.93. The molecule has 2 unspecified atom stereocenters. The third-order valence-corrected chi connectivity index (χ3v) is 4.36. The van der Waals surface area contributed by atoms with Crippen molar-refractivity contribution in [2.24, 2.45) is 11.8 Å². The van der Waals surface area contributed by atoms with Crippen molar-refractivity contribution < 1.29 is 4.74 Å². The Morgan fingerprint density at radius 1 is 1.10 bits per heavy atom. The van der Waals surface area contributed by atoms with E-state index in [-0.39, 0.29) is 0 Å². The second-order valence-corrected chi connectivity index (χ2v) is 6.42. The summed E-state index contributed by atoms with van der Waals surface area (Å²) in [5, 5.41) is 3.71. The summed E-state index contributed by atoms with van der Waals surface area (Å²) in [5.74, 6) is 2.21. The van der Waals surface area contributed by atoms with Crippen molar-refractivity contribution in [1.82, 2.24) is 5.32 Å². The average molecular weight is 276 g/mol. The Morgan fingerprint density at radius 2 is 1.75 bits per heavy atom. The molecule has 1 fully saturated rings. The van der Waals surface area contributed by atoms with E-state index in [4.69, 9.17) is 4.74 Å². The van der Waals surface area contributed by atoms with Gasteiger partial charge in [0.1, 0.15) is 5.75 Å². The number of anilines is 1. The zero-order chi connectivity index (χ0) is 14.7. The minimum Gasteiger partial charge on any atom is -0.497 e. The molecule has 3 heteroatoms. The first-order valence-corrected chi connectivity index (χ1v) is 7.67. The second-order valence-electron chi connectivity index (χ2n) is 6.42. The zero-order valence-corrected chi connectivity index (χ0v) is 13.4. The van der Waals surface area contributed by atoms with Gasteiger partial charge in [-0.25, -0.2) is 0 Å². The molecule has 0 saturated carbocycles. The smallest absolute Gasteiger partial charge is 0.119 e. The molecular formula is C17H28N2O. The fourth-order valence-electron chi connectivity index (χ4n) is 2.91. The SMILES string of the molecule is COc1ccc(N2CC(C(C)C)NCC2C(C)C)cc1. The lowest BCUT2D eigenvalue weighted by Gasteiger charge is -2.45. The molecule has 0 radical (unpaired) electrons. The second kappa shape index (κ2) is 6.49. The van der Waals surface area contributed by atoms with E-state index < -0.39 is 0 Å². The van der Waals surface area contributed by atoms with Crippen LogP contribution in [0, 0.1) is 11.8 Å². The van der Waals surface area contributed by atoms with Gasteiger partial charge in [0.2, 0.25) is 0 Å². The van der Waals surface area contributed by atoms with Gasteiger partial charge in [0.15, 0.2) is 0 Å². The van der Waals surface area contributed by atoms with Gasteiger partial charge in [0.05, 0.1) is 7.11 Å². The van der Waals surface area contributed by atoms with E-state index in [9.17, 15) is 0 Å². The minimum atomic E-state index is 0.554. The number of ether oxygens (including phenoxy) is 1. The van der Waals surface area contributed by atoms with Crippen LogP contribution in [0.2, 0.25) is 0 Å². The highest BCUT2D eigenvalue weighted by molar-refractivity contribution is 5.51. The third-order valence-electron chi connectivity index (χ3n) is 4.36. The summed E-state index contributed by atoms with van der Waals surface area (Å²) >= 11 is 0. The van der Waals surface area contributed by atoms with Crippen LogP contribution in [0.4, 0.5) is 5.69 Å². The zero-order valence-electron chi connectivity index (χ0n) is 13.4. The van der Waals surface area contributed by atoms with Crippen LogP contribution in [0.5, 0.6) is 5.75 Å². The summed E-state index contributed by atoms with van der Waals surface area (Å²) in [6.07, 6.45) is 0. The highest BCUT2D eigenvalue weighted by atomic mass is 16.5. The monoisotopic (exact) mass is 276 g/mol. The van der Waals surface area contributed by atoms with Gasteiger partial charge in [0.25, 0.3) is 0 Å². The Kier molecular flexibility index (Phi) is 4.92. The van der Waals surface area contributed by atoms with Crippen molar-refractivity contribution >= 4 is 5.69 Å². The Balaban J connectivity index is 2.21. The molecule has 0 aliphatic carbocycles. The molecule has 20 heavy (non-hydrogen) atoms. The van der Waals surface area contributed by atoms with Crippen LogP contribution in [0.25, 0.3) is 0 Å². The lowest BCUT2D eigenvalue weighted by molar-refractivity contribution is 0.295. The number of piperazine rings is 1. The Bertz CT molecular complexity index is 414. The molecule has 2 atom stereocenters. The van der Waals surface area contributed by atoms with Gasteiger partial charge in [-0.05, 0) is 36.1 Å². The Morgan fingerprint density at radius 3 is 2.25 bits per heavy atom. The molecule has 0 amide bonds. The van der Waals surface area contributed by atoms with Crippen LogP contribution >= 0.6 is 0 Å². The molecule has 1 aromatic carbocycles. The fourth-order valence-corrected chi connectivity index (χ4v) is 2.91. The maximum Gasteiger partial charge on any atom is 0.119 e. The number of rotatable bonds is 4. The molecule has 1 aliphatic rings. The molecule has 1 heterocycles. The molecule has 3 nitrogen and oxygen atoms in total. The summed E-state index contributed by atoms with van der Waals surface area (Å²) in [6.45, 7) is 11.3. The van der Waals surface area contributed by atoms with Crippen molar-refractivity contribution in [2.75, 3.05) is 25.1 Å². The fraction of sp³-hybridized carbons (Fsp3) is 0.647. The van der Waals surface area contributed by atoms with Crippen LogP contribution in [-0.2, 0) is 0 Å². The first kappa shape index (κ1) is 15.2. The van der Waals surface area contributed by atoms with Gasteiger partial charge < -0.3 is 15.0 Å². The normalized spacial score (nSPS) is 23.4. The van der Waals surface area contributed by atoms with Gasteiger partial charge in [-0.1, -0.05) is 27.7 Å². The molecule has 1 aromatic rings. The average Bonchev–Trinajstić information content (AvgIpc) is 2.46. The van der Waals surface area contributed by atoms with Gasteiger partial charge in [-0.2, -0.15) is 0 Å². The third kappa shape index (κ3) is 3.26. The molecule has 1 aliphatic heterocycles. The van der Waals surface area contributed by atoms with Gasteiger partial charge in [-0.15, -0.1) is 0 Å². The number of nitrogens with one attached hydrogen (secondary N) is 1. The van der Waals surface area contributed by atoms with Crippen LogP contribution in [-0.4, -0.2) is 32.3 Å². The largest absolute Gasteiger partial charge is 0.497 e. The highest BCUT2D eigenvalue weighted by Crippen LogP contribution is 2.27. The summed E-state index contributed by atoms with van der Waals surface area (Å²) in [6, 6.07) is 9.58. The van der Waals surface area contributed by atoms with Crippen LogP contribution in [0.1, 0.15) is 27.7 Å². The first-order chi connectivity index (χ1) is 9.52. The van der Waals surface area contributed by atoms with Gasteiger partial charge in [-0.3, -0.25) is 0 Å². The minimum absolute atomic E-state index is 0.554. The van der Waals surface area contributed by atoms with Crippen LogP contribution < -0.4 is 15.0 Å². The summed E-state index contributed by atoms with van der Waals surface area (Å²) < 4.78 is 5.26. The van der Waals surface area contributed by atoms with Crippen molar-refractivity contribution in [3.8, 4) is 5.75 Å². The number of methoxy groups -OCH3 is 1. The Labute approximate surface area is 123 Å². The number of hydrogen-bond acceptors (Lipinski definition) is 3. The predicted molar refractivity (Wildman–Crippen MR) is 85.6 cm³/mol. The van der Waals surface area contributed by atoms with E-state index in [1.165, 1.54) is 5.69 Å². The van der Waals surface area contributed by atoms with Crippen molar-refractivity contribution in [1.29, 1.82) is 0 Å². The maximum absolute atomic E-state index is 5.26. The van der Waals surface area contributed by atoms with Gasteiger partial charge >= 0.3 is 0 Å². The summed E-state index contributed by atoms with van der Waals surface area (Å²) in [7, 11) is 1.71. The highest BCUT2D eigenvalue weighted by Gasteiger charge is 2.31. The standard InChI is InChI=1S/C17H28N2O/c1-12(2)16-11-19(17(10-18-16)13(3)4)14-6-8-15(20-5)9-7-14/h6-9,12-13,16-18H,10-11H2,1-5H3. The van der Waals surface area contributed by atoms with Crippen molar-refractivity contribution in [3.63, 3.8) is 0 Å². The lowest BCUT2D eigenvalue weighted by Crippen LogP contribution is -2.60. The van der Waals surface area contributed by atoms with E-state index in [0.29, 0.717) is 23.9 Å². The van der Waals surface area contributed by atoms with E-state index in [1.54, 1.807) is 7.11 Å². The van der Waals surface area contributed by atoms with E-state index in [2.05, 4.69) is 62.2 Å². The molecule has 0 bridgehead atoms. The van der Waals surface area contributed by atoms with E-state index in [1.807, 2.05) is 0 Å². The molecule has 112 valence electrons. The van der Waals surface area contributed by atoms with E-state index >= 15 is 0 Å². The number of hydrogen-bond donors (Lipinski definition) is 1. The Hall–Kier alpha value is -1.22. The topological polar surface area (TPSA) is 24.5 Å². The molecular weight excluding hydrogens is 248 g/mol. The molecule has 1 saturated heterocycles. The maximum atomic E-state index is 5.26. The number of benzene rings is 1.